The molecule has 3 aromatic rings. The van der Waals surface area contributed by atoms with Crippen LogP contribution < -0.4 is 9.80 Å². The summed E-state index contributed by atoms with van der Waals surface area (Å²) < 4.78 is 39.8. The molecule has 6 nitrogen and oxygen atoms in total. The van der Waals surface area contributed by atoms with Crippen molar-refractivity contribution in [2.45, 2.75) is 6.18 Å². The maximum Gasteiger partial charge on any atom is 0.417 e. The zero-order valence-electron chi connectivity index (χ0n) is 14.3. The van der Waals surface area contributed by atoms with Gasteiger partial charge >= 0.3 is 6.18 Å². The third kappa shape index (κ3) is 2.87. The molecule has 2 aliphatic rings. The van der Waals surface area contributed by atoms with E-state index in [0.717, 1.165) is 49.9 Å². The lowest BCUT2D eigenvalue weighted by molar-refractivity contribution is -0.137. The van der Waals surface area contributed by atoms with E-state index in [1.165, 1.54) is 6.07 Å². The van der Waals surface area contributed by atoms with Gasteiger partial charge in [-0.2, -0.15) is 18.3 Å². The molecule has 2 fully saturated rings. The minimum Gasteiger partial charge on any atom is -0.356 e. The van der Waals surface area contributed by atoms with Crippen LogP contribution in [0.25, 0.3) is 5.65 Å². The highest BCUT2D eigenvalue weighted by Gasteiger charge is 2.41. The van der Waals surface area contributed by atoms with Crippen LogP contribution in [-0.2, 0) is 6.18 Å². The van der Waals surface area contributed by atoms with Crippen molar-refractivity contribution in [2.75, 3.05) is 36.0 Å². The first-order chi connectivity index (χ1) is 13.0. The van der Waals surface area contributed by atoms with E-state index in [4.69, 9.17) is 0 Å². The van der Waals surface area contributed by atoms with Gasteiger partial charge in [-0.25, -0.2) is 14.5 Å². The molecule has 2 unspecified atom stereocenters. The molecule has 0 aliphatic carbocycles. The van der Waals surface area contributed by atoms with Crippen molar-refractivity contribution in [3.63, 3.8) is 0 Å². The highest BCUT2D eigenvalue weighted by Crippen LogP contribution is 2.36. The van der Waals surface area contributed by atoms with Crippen LogP contribution in [0.1, 0.15) is 5.56 Å². The molecule has 0 spiro atoms. The van der Waals surface area contributed by atoms with Crippen molar-refractivity contribution in [3.05, 3.63) is 48.4 Å². The first-order valence-corrected chi connectivity index (χ1v) is 8.81. The molecule has 2 atom stereocenters. The fraction of sp³-hybridized carbons (Fsp3) is 0.389. The van der Waals surface area contributed by atoms with Gasteiger partial charge in [0.05, 0.1) is 11.8 Å². The average Bonchev–Trinajstić information content (AvgIpc) is 3.34. The van der Waals surface area contributed by atoms with E-state index in [9.17, 15) is 13.2 Å². The van der Waals surface area contributed by atoms with Crippen molar-refractivity contribution in [1.29, 1.82) is 0 Å². The Morgan fingerprint density at radius 1 is 0.889 bits per heavy atom. The van der Waals surface area contributed by atoms with Gasteiger partial charge in [0.1, 0.15) is 11.6 Å². The van der Waals surface area contributed by atoms with Crippen LogP contribution >= 0.6 is 0 Å². The van der Waals surface area contributed by atoms with Crippen LogP contribution in [0.3, 0.4) is 0 Å². The normalized spacial score (nSPS) is 22.6. The molecule has 0 bridgehead atoms. The highest BCUT2D eigenvalue weighted by atomic mass is 19.4. The molecule has 27 heavy (non-hydrogen) atoms. The second-order valence-corrected chi connectivity index (χ2v) is 7.15. The summed E-state index contributed by atoms with van der Waals surface area (Å²) in [5.41, 5.74) is 0.110. The van der Waals surface area contributed by atoms with Crippen molar-refractivity contribution < 1.29 is 13.2 Å². The van der Waals surface area contributed by atoms with Gasteiger partial charge in [-0.05, 0) is 18.2 Å². The first-order valence-electron chi connectivity index (χ1n) is 8.81. The van der Waals surface area contributed by atoms with Gasteiger partial charge in [-0.1, -0.05) is 0 Å². The number of anilines is 2. The topological polar surface area (TPSA) is 49.6 Å². The van der Waals surface area contributed by atoms with Crippen LogP contribution in [0.15, 0.2) is 42.9 Å². The Kier molecular flexibility index (Phi) is 3.53. The SMILES string of the molecule is FC(F)(F)c1ccc(N2CC3CN(c4ccn5nccc5n4)CC3C2)nc1. The third-order valence-electron chi connectivity index (χ3n) is 5.45. The third-order valence-corrected chi connectivity index (χ3v) is 5.45. The van der Waals surface area contributed by atoms with E-state index in [2.05, 4.69) is 24.9 Å². The molecular formula is C18H17F3N6. The largest absolute Gasteiger partial charge is 0.417 e. The molecule has 5 rings (SSSR count). The number of hydrogen-bond acceptors (Lipinski definition) is 5. The number of hydrogen-bond donors (Lipinski definition) is 0. The number of pyridine rings is 1. The second-order valence-electron chi connectivity index (χ2n) is 7.15. The van der Waals surface area contributed by atoms with E-state index < -0.39 is 11.7 Å². The molecule has 0 N–H and O–H groups in total. The first kappa shape index (κ1) is 16.3. The Bertz CT molecular complexity index is 953. The molecule has 0 aromatic carbocycles. The van der Waals surface area contributed by atoms with E-state index in [0.29, 0.717) is 17.7 Å². The van der Waals surface area contributed by atoms with Gasteiger partial charge in [0.15, 0.2) is 5.65 Å². The van der Waals surface area contributed by atoms with Gasteiger partial charge in [0.25, 0.3) is 0 Å². The number of nitrogens with zero attached hydrogens (tertiary/aromatic N) is 6. The molecular weight excluding hydrogens is 357 g/mol. The van der Waals surface area contributed by atoms with Gasteiger partial charge in [0, 0.05) is 56.5 Å². The van der Waals surface area contributed by atoms with Crippen LogP contribution in [0.4, 0.5) is 24.8 Å². The fourth-order valence-electron chi connectivity index (χ4n) is 4.09. The molecule has 0 amide bonds. The summed E-state index contributed by atoms with van der Waals surface area (Å²) in [5.74, 6) is 2.47. The van der Waals surface area contributed by atoms with Gasteiger partial charge in [-0.3, -0.25) is 0 Å². The van der Waals surface area contributed by atoms with E-state index >= 15 is 0 Å². The highest BCUT2D eigenvalue weighted by molar-refractivity contribution is 5.49. The van der Waals surface area contributed by atoms with Crippen LogP contribution in [0.2, 0.25) is 0 Å². The maximum absolute atomic E-state index is 12.7. The molecule has 2 aliphatic heterocycles. The van der Waals surface area contributed by atoms with E-state index in [1.54, 1.807) is 10.7 Å². The number of alkyl halides is 3. The number of halogens is 3. The summed E-state index contributed by atoms with van der Waals surface area (Å²) in [7, 11) is 0. The number of aromatic nitrogens is 4. The summed E-state index contributed by atoms with van der Waals surface area (Å²) in [6, 6.07) is 6.42. The minimum absolute atomic E-state index is 0.456. The molecule has 3 aromatic heterocycles. The molecule has 0 radical (unpaired) electrons. The zero-order chi connectivity index (χ0) is 18.6. The Morgan fingerprint density at radius 3 is 2.22 bits per heavy atom. The zero-order valence-corrected chi connectivity index (χ0v) is 14.3. The molecule has 0 saturated carbocycles. The lowest BCUT2D eigenvalue weighted by Crippen LogP contribution is -2.29. The number of rotatable bonds is 2. The summed E-state index contributed by atoms with van der Waals surface area (Å²) in [4.78, 5) is 13.0. The quantitative estimate of drug-likeness (QED) is 0.690. The summed E-state index contributed by atoms with van der Waals surface area (Å²) in [5, 5.41) is 4.16. The van der Waals surface area contributed by atoms with Crippen LogP contribution in [0, 0.1) is 11.8 Å². The summed E-state index contributed by atoms with van der Waals surface area (Å²) >= 11 is 0. The van der Waals surface area contributed by atoms with Crippen LogP contribution in [-0.4, -0.2) is 45.8 Å². The Hall–Kier alpha value is -2.84. The van der Waals surface area contributed by atoms with Crippen molar-refractivity contribution in [3.8, 4) is 0 Å². The Labute approximate surface area is 153 Å². The maximum atomic E-state index is 12.7. The fourth-order valence-corrected chi connectivity index (χ4v) is 4.09. The Balaban J connectivity index is 1.28. The monoisotopic (exact) mass is 374 g/mol. The number of fused-ring (bicyclic) bond motifs is 2. The lowest BCUT2D eigenvalue weighted by atomic mass is 10.0. The predicted molar refractivity (Wildman–Crippen MR) is 93.6 cm³/mol. The summed E-state index contributed by atoms with van der Waals surface area (Å²) in [6.07, 6.45) is 0.196. The van der Waals surface area contributed by atoms with Crippen molar-refractivity contribution in [2.24, 2.45) is 11.8 Å². The van der Waals surface area contributed by atoms with Crippen LogP contribution in [0.5, 0.6) is 0 Å². The Morgan fingerprint density at radius 2 is 1.59 bits per heavy atom. The molecule has 5 heterocycles. The van der Waals surface area contributed by atoms with Crippen molar-refractivity contribution in [1.82, 2.24) is 19.6 Å². The van der Waals surface area contributed by atoms with Gasteiger partial charge in [-0.15, -0.1) is 0 Å². The van der Waals surface area contributed by atoms with Crippen molar-refractivity contribution >= 4 is 17.3 Å². The minimum atomic E-state index is -4.35. The molecule has 9 heteroatoms. The predicted octanol–water partition coefficient (Wildman–Crippen LogP) is 2.72. The van der Waals surface area contributed by atoms with E-state index in [1.807, 2.05) is 18.3 Å². The smallest absolute Gasteiger partial charge is 0.356 e. The average molecular weight is 374 g/mol. The van der Waals surface area contributed by atoms with Gasteiger partial charge < -0.3 is 9.80 Å². The second kappa shape index (κ2) is 5.83. The van der Waals surface area contributed by atoms with E-state index in [-0.39, 0.29) is 0 Å². The van der Waals surface area contributed by atoms with Gasteiger partial charge in [0.2, 0.25) is 0 Å². The summed E-state index contributed by atoms with van der Waals surface area (Å²) in [6.45, 7) is 3.38. The lowest BCUT2D eigenvalue weighted by Gasteiger charge is -2.23. The molecule has 140 valence electrons. The standard InChI is InChI=1S/C18H17F3N6/c19-18(20,21)14-1-2-15(22-7-14)25-8-12-10-26(11-13(12)9-25)16-4-6-27-17(24-16)3-5-23-27/h1-7,12-13H,8-11H2. The molecule has 2 saturated heterocycles.